The molecule has 2 rings (SSSR count). The molecule has 0 saturated heterocycles. The van der Waals surface area contributed by atoms with Crippen LogP contribution in [0.1, 0.15) is 0 Å². The molecule has 0 aliphatic rings. The highest BCUT2D eigenvalue weighted by molar-refractivity contribution is 9.10. The van der Waals surface area contributed by atoms with Gasteiger partial charge in [0, 0.05) is 0 Å². The summed E-state index contributed by atoms with van der Waals surface area (Å²) in [5.41, 5.74) is 0.559. The normalized spacial score (nSPS) is 10.4. The van der Waals surface area contributed by atoms with Crippen molar-refractivity contribution in [3.8, 4) is 11.4 Å². The summed E-state index contributed by atoms with van der Waals surface area (Å²) in [7, 11) is 0. The first-order chi connectivity index (χ1) is 6.70. The summed E-state index contributed by atoms with van der Waals surface area (Å²) in [6, 6.07) is 6.87. The highest BCUT2D eigenvalue weighted by Crippen LogP contribution is 2.28. The Labute approximate surface area is 94.1 Å². The maximum absolute atomic E-state index is 9.56. The summed E-state index contributed by atoms with van der Waals surface area (Å²) in [5, 5.41) is 14.0. The van der Waals surface area contributed by atoms with Gasteiger partial charge in [-0.2, -0.15) is 5.10 Å². The van der Waals surface area contributed by atoms with E-state index < -0.39 is 0 Å². The van der Waals surface area contributed by atoms with Crippen molar-refractivity contribution in [1.29, 1.82) is 0 Å². The average Bonchev–Trinajstić information content (AvgIpc) is 2.49. The van der Waals surface area contributed by atoms with E-state index in [4.69, 9.17) is 11.6 Å². The highest BCUT2D eigenvalue weighted by atomic mass is 79.9. The Kier molecular flexibility index (Phi) is 2.48. The van der Waals surface area contributed by atoms with Crippen molar-refractivity contribution >= 4 is 27.5 Å². The van der Waals surface area contributed by atoms with Crippen LogP contribution < -0.4 is 0 Å². The molecule has 0 aliphatic carbocycles. The maximum Gasteiger partial charge on any atom is 0.147 e. The molecule has 1 aromatic carbocycles. The van der Waals surface area contributed by atoms with Crippen molar-refractivity contribution in [2.45, 2.75) is 0 Å². The van der Waals surface area contributed by atoms with Crippen LogP contribution in [0.4, 0.5) is 0 Å². The third-order valence-electron chi connectivity index (χ3n) is 1.78. The average molecular weight is 274 g/mol. The van der Waals surface area contributed by atoms with Gasteiger partial charge in [0.1, 0.15) is 16.6 Å². The minimum Gasteiger partial charge on any atom is -0.506 e. The van der Waals surface area contributed by atoms with Gasteiger partial charge in [-0.1, -0.05) is 23.7 Å². The van der Waals surface area contributed by atoms with E-state index in [1.54, 1.807) is 30.5 Å². The van der Waals surface area contributed by atoms with E-state index in [1.807, 2.05) is 0 Å². The number of nitrogens with zero attached hydrogens (tertiary/aromatic N) is 2. The molecule has 0 saturated carbocycles. The number of halogens is 2. The van der Waals surface area contributed by atoms with Gasteiger partial charge in [0.25, 0.3) is 0 Å². The monoisotopic (exact) mass is 272 g/mol. The van der Waals surface area contributed by atoms with Crippen LogP contribution in [0.5, 0.6) is 5.75 Å². The molecule has 0 unspecified atom stereocenters. The van der Waals surface area contributed by atoms with E-state index in [-0.39, 0.29) is 5.75 Å². The number of hydrogen-bond acceptors (Lipinski definition) is 2. The number of para-hydroxylation sites is 2. The summed E-state index contributed by atoms with van der Waals surface area (Å²) in [6.45, 7) is 0. The third-order valence-corrected chi connectivity index (χ3v) is 2.95. The smallest absolute Gasteiger partial charge is 0.147 e. The van der Waals surface area contributed by atoms with Crippen LogP contribution in [0.3, 0.4) is 0 Å². The van der Waals surface area contributed by atoms with Gasteiger partial charge < -0.3 is 5.11 Å². The topological polar surface area (TPSA) is 38.0 Å². The first-order valence-electron chi connectivity index (χ1n) is 3.87. The second kappa shape index (κ2) is 3.63. The van der Waals surface area contributed by atoms with E-state index in [1.165, 1.54) is 4.68 Å². The lowest BCUT2D eigenvalue weighted by Gasteiger charge is -2.04. The van der Waals surface area contributed by atoms with Gasteiger partial charge in [-0.05, 0) is 28.1 Å². The predicted octanol–water partition coefficient (Wildman–Crippen LogP) is 2.99. The second-order valence-electron chi connectivity index (χ2n) is 2.68. The quantitative estimate of drug-likeness (QED) is 0.867. The number of hydrogen-bond donors (Lipinski definition) is 1. The molecule has 1 aromatic heterocycles. The number of phenols is 1. The SMILES string of the molecule is Oc1ccccc1-n1ncc(Br)c1Cl. The molecule has 14 heavy (non-hydrogen) atoms. The largest absolute Gasteiger partial charge is 0.506 e. The molecular formula is C9H6BrClN2O. The number of aromatic nitrogens is 2. The highest BCUT2D eigenvalue weighted by Gasteiger charge is 2.10. The Morgan fingerprint density at radius 2 is 2.07 bits per heavy atom. The van der Waals surface area contributed by atoms with Crippen LogP contribution in [0.15, 0.2) is 34.9 Å². The molecule has 0 amide bonds. The lowest BCUT2D eigenvalue weighted by atomic mass is 10.3. The maximum atomic E-state index is 9.56. The molecule has 0 radical (unpaired) electrons. The number of phenolic OH excluding ortho intramolecular Hbond substituents is 1. The van der Waals surface area contributed by atoms with Gasteiger partial charge in [0.2, 0.25) is 0 Å². The fraction of sp³-hybridized carbons (Fsp3) is 0. The Morgan fingerprint density at radius 1 is 1.36 bits per heavy atom. The van der Waals surface area contributed by atoms with E-state index in [2.05, 4.69) is 21.0 Å². The summed E-state index contributed by atoms with van der Waals surface area (Å²) < 4.78 is 2.16. The standard InChI is InChI=1S/C9H6BrClN2O/c10-6-5-12-13(9(6)11)7-3-1-2-4-8(7)14/h1-5,14H. The Hall–Kier alpha value is -1.00. The van der Waals surface area contributed by atoms with Gasteiger partial charge in [0.15, 0.2) is 0 Å². The molecule has 0 bridgehead atoms. The van der Waals surface area contributed by atoms with Gasteiger partial charge >= 0.3 is 0 Å². The van der Waals surface area contributed by atoms with Gasteiger partial charge in [-0.15, -0.1) is 0 Å². The zero-order valence-corrected chi connectivity index (χ0v) is 9.33. The van der Waals surface area contributed by atoms with Crippen molar-refractivity contribution in [2.75, 3.05) is 0 Å². The summed E-state index contributed by atoms with van der Waals surface area (Å²) in [4.78, 5) is 0. The van der Waals surface area contributed by atoms with Gasteiger partial charge in [-0.25, -0.2) is 4.68 Å². The molecule has 1 heterocycles. The second-order valence-corrected chi connectivity index (χ2v) is 3.90. The molecule has 3 nitrogen and oxygen atoms in total. The minimum atomic E-state index is 0.144. The van der Waals surface area contributed by atoms with Crippen molar-refractivity contribution in [2.24, 2.45) is 0 Å². The Balaban J connectivity index is 2.60. The number of rotatable bonds is 1. The van der Waals surface area contributed by atoms with E-state index in [9.17, 15) is 5.11 Å². The fourth-order valence-electron chi connectivity index (χ4n) is 1.12. The lowest BCUT2D eigenvalue weighted by Crippen LogP contribution is -1.95. The van der Waals surface area contributed by atoms with Crippen LogP contribution in [0, 0.1) is 0 Å². The Morgan fingerprint density at radius 3 is 2.64 bits per heavy atom. The lowest BCUT2D eigenvalue weighted by molar-refractivity contribution is 0.470. The van der Waals surface area contributed by atoms with Crippen LogP contribution >= 0.6 is 27.5 Å². The minimum absolute atomic E-state index is 0.144. The van der Waals surface area contributed by atoms with Crippen molar-refractivity contribution in [1.82, 2.24) is 9.78 Å². The molecule has 0 spiro atoms. The van der Waals surface area contributed by atoms with Crippen LogP contribution in [0.2, 0.25) is 5.15 Å². The molecular weight excluding hydrogens is 267 g/mol. The molecule has 72 valence electrons. The van der Waals surface area contributed by atoms with Crippen molar-refractivity contribution in [3.05, 3.63) is 40.1 Å². The van der Waals surface area contributed by atoms with Crippen LogP contribution in [-0.2, 0) is 0 Å². The van der Waals surface area contributed by atoms with E-state index in [0.29, 0.717) is 15.3 Å². The molecule has 0 fully saturated rings. The van der Waals surface area contributed by atoms with Crippen LogP contribution in [0.25, 0.3) is 5.69 Å². The molecule has 0 atom stereocenters. The summed E-state index contributed by atoms with van der Waals surface area (Å²) in [6.07, 6.45) is 1.58. The first-order valence-corrected chi connectivity index (χ1v) is 5.04. The first kappa shape index (κ1) is 9.55. The summed E-state index contributed by atoms with van der Waals surface area (Å²) >= 11 is 9.20. The zero-order chi connectivity index (χ0) is 10.1. The van der Waals surface area contributed by atoms with Crippen LogP contribution in [-0.4, -0.2) is 14.9 Å². The molecule has 5 heteroatoms. The van der Waals surface area contributed by atoms with Crippen molar-refractivity contribution in [3.63, 3.8) is 0 Å². The Bertz CT molecular complexity index is 470. The van der Waals surface area contributed by atoms with E-state index in [0.717, 1.165) is 0 Å². The zero-order valence-electron chi connectivity index (χ0n) is 6.98. The fourth-order valence-corrected chi connectivity index (χ4v) is 1.57. The summed E-state index contributed by atoms with van der Waals surface area (Å²) in [5.74, 6) is 0.144. The number of benzene rings is 1. The third kappa shape index (κ3) is 1.51. The van der Waals surface area contributed by atoms with E-state index >= 15 is 0 Å². The van der Waals surface area contributed by atoms with Crippen molar-refractivity contribution < 1.29 is 5.11 Å². The van der Waals surface area contributed by atoms with Gasteiger partial charge in [-0.3, -0.25) is 0 Å². The molecule has 2 aromatic rings. The number of aromatic hydroxyl groups is 1. The molecule has 1 N–H and O–H groups in total. The predicted molar refractivity (Wildman–Crippen MR) is 57.9 cm³/mol. The van der Waals surface area contributed by atoms with Gasteiger partial charge in [0.05, 0.1) is 10.7 Å². The molecule has 0 aliphatic heterocycles.